The van der Waals surface area contributed by atoms with E-state index < -0.39 is 0 Å². The van der Waals surface area contributed by atoms with Gasteiger partial charge in [-0.25, -0.2) is 0 Å². The molecule has 0 spiro atoms. The zero-order valence-corrected chi connectivity index (χ0v) is 15.2. The quantitative estimate of drug-likeness (QED) is 0.457. The number of hydrazone groups is 1. The lowest BCUT2D eigenvalue weighted by atomic mass is 9.63. The van der Waals surface area contributed by atoms with Crippen LogP contribution in [-0.2, 0) is 9.59 Å². The van der Waals surface area contributed by atoms with E-state index >= 15 is 0 Å². The molecule has 1 aromatic carbocycles. The molecule has 6 heteroatoms. The molecule has 1 saturated carbocycles. The molecule has 136 valence electrons. The van der Waals surface area contributed by atoms with Gasteiger partial charge in [-0.15, -0.1) is 0 Å². The van der Waals surface area contributed by atoms with Crippen LogP contribution < -0.4 is 0 Å². The van der Waals surface area contributed by atoms with Crippen LogP contribution in [0.5, 0.6) is 0 Å². The van der Waals surface area contributed by atoms with Crippen molar-refractivity contribution in [2.75, 3.05) is 0 Å². The fourth-order valence-corrected chi connectivity index (χ4v) is 4.70. The van der Waals surface area contributed by atoms with E-state index in [0.29, 0.717) is 16.5 Å². The molecule has 1 saturated heterocycles. The standard InChI is InChI=1S/C21H17ClN2O3/c22-15-3-1-2-14(10-15)17-9-8-16(27-17)11-23-24-20(25)18-12-4-5-13(7-6-12)19(18)21(24)26/h1-5,8-13,18-19H,6-7H2/b23-11-/t12-,13-,18-,19+/m0/s1. The van der Waals surface area contributed by atoms with Crippen LogP contribution in [-0.4, -0.2) is 23.0 Å². The number of allylic oxidation sites excluding steroid dienone is 2. The van der Waals surface area contributed by atoms with Crippen molar-refractivity contribution in [1.29, 1.82) is 0 Å². The first-order valence-electron chi connectivity index (χ1n) is 9.08. The summed E-state index contributed by atoms with van der Waals surface area (Å²) in [4.78, 5) is 25.5. The lowest BCUT2D eigenvalue weighted by molar-refractivity contribution is -0.140. The Labute approximate surface area is 161 Å². The molecule has 0 unspecified atom stereocenters. The summed E-state index contributed by atoms with van der Waals surface area (Å²) in [7, 11) is 0. The summed E-state index contributed by atoms with van der Waals surface area (Å²) in [6, 6.07) is 10.9. The summed E-state index contributed by atoms with van der Waals surface area (Å²) < 4.78 is 5.76. The van der Waals surface area contributed by atoms with E-state index in [-0.39, 0.29) is 35.5 Å². The van der Waals surface area contributed by atoms with Crippen molar-refractivity contribution in [3.05, 3.63) is 59.3 Å². The lowest BCUT2D eigenvalue weighted by Gasteiger charge is -2.37. The van der Waals surface area contributed by atoms with Gasteiger partial charge in [0.2, 0.25) is 0 Å². The van der Waals surface area contributed by atoms with Gasteiger partial charge in [0.25, 0.3) is 11.8 Å². The SMILES string of the molecule is O=C1[C@@H]2[C@H](C(=O)N1/N=C\c1ccc(-c3cccc(Cl)c3)o1)[C@H]1C=C[C@H]2CC1. The van der Waals surface area contributed by atoms with Gasteiger partial charge in [0.05, 0.1) is 18.1 Å². The number of fused-ring (bicyclic) bond motifs is 1. The Morgan fingerprint density at radius 2 is 1.74 bits per heavy atom. The number of carbonyl (C=O) groups is 2. The first-order valence-corrected chi connectivity index (χ1v) is 9.45. The van der Waals surface area contributed by atoms with Gasteiger partial charge in [-0.3, -0.25) is 9.59 Å². The Hall–Kier alpha value is -2.66. The van der Waals surface area contributed by atoms with Crippen molar-refractivity contribution < 1.29 is 14.0 Å². The lowest BCUT2D eigenvalue weighted by Crippen LogP contribution is -2.38. The summed E-state index contributed by atoms with van der Waals surface area (Å²) >= 11 is 6.01. The Morgan fingerprint density at radius 1 is 1.04 bits per heavy atom. The summed E-state index contributed by atoms with van der Waals surface area (Å²) in [5, 5.41) is 5.82. The van der Waals surface area contributed by atoms with Crippen LogP contribution in [0.4, 0.5) is 0 Å². The second kappa shape index (κ2) is 6.20. The van der Waals surface area contributed by atoms with Crippen molar-refractivity contribution >= 4 is 29.6 Å². The Bertz CT molecular complexity index is 961. The molecule has 2 bridgehead atoms. The smallest absolute Gasteiger partial charge is 0.254 e. The number of rotatable bonds is 3. The van der Waals surface area contributed by atoms with Crippen LogP contribution >= 0.6 is 11.6 Å². The Balaban J connectivity index is 1.38. The predicted molar refractivity (Wildman–Crippen MR) is 101 cm³/mol. The van der Waals surface area contributed by atoms with Gasteiger partial charge in [0, 0.05) is 10.6 Å². The number of carbonyl (C=O) groups excluding carboxylic acids is 2. The molecule has 3 aliphatic carbocycles. The molecule has 1 aromatic heterocycles. The number of hydrogen-bond acceptors (Lipinski definition) is 4. The van der Waals surface area contributed by atoms with Crippen LogP contribution in [0.3, 0.4) is 0 Å². The topological polar surface area (TPSA) is 62.9 Å². The fraction of sp³-hybridized carbons (Fsp3) is 0.286. The average molecular weight is 381 g/mol. The summed E-state index contributed by atoms with van der Waals surface area (Å²) in [5.41, 5.74) is 0.851. The van der Waals surface area contributed by atoms with Gasteiger partial charge in [0.1, 0.15) is 11.5 Å². The van der Waals surface area contributed by atoms with Crippen LogP contribution in [0.25, 0.3) is 11.3 Å². The zero-order valence-electron chi connectivity index (χ0n) is 14.4. The number of hydrogen-bond donors (Lipinski definition) is 0. The number of benzene rings is 1. The zero-order chi connectivity index (χ0) is 18.5. The third-order valence-electron chi connectivity index (χ3n) is 5.77. The highest BCUT2D eigenvalue weighted by molar-refractivity contribution is 6.30. The van der Waals surface area contributed by atoms with Gasteiger partial charge in [0.15, 0.2) is 0 Å². The predicted octanol–water partition coefficient (Wildman–Crippen LogP) is 4.13. The largest absolute Gasteiger partial charge is 0.455 e. The normalized spacial score (nSPS) is 29.1. The molecular weight excluding hydrogens is 364 g/mol. The van der Waals surface area contributed by atoms with E-state index in [9.17, 15) is 9.59 Å². The van der Waals surface area contributed by atoms with E-state index in [2.05, 4.69) is 17.3 Å². The van der Waals surface area contributed by atoms with Crippen LogP contribution in [0.15, 0.2) is 58.1 Å². The highest BCUT2D eigenvalue weighted by Gasteiger charge is 2.56. The van der Waals surface area contributed by atoms with Gasteiger partial charge < -0.3 is 4.42 Å². The van der Waals surface area contributed by atoms with Crippen molar-refractivity contribution in [3.63, 3.8) is 0 Å². The second-order valence-corrected chi connectivity index (χ2v) is 7.72. The van der Waals surface area contributed by atoms with Crippen molar-refractivity contribution in [2.24, 2.45) is 28.8 Å². The number of halogens is 1. The molecule has 4 atom stereocenters. The molecule has 2 aromatic rings. The minimum absolute atomic E-state index is 0.162. The Kier molecular flexibility index (Phi) is 3.79. The highest BCUT2D eigenvalue weighted by Crippen LogP contribution is 2.49. The fourth-order valence-electron chi connectivity index (χ4n) is 4.51. The molecule has 6 rings (SSSR count). The van der Waals surface area contributed by atoms with Gasteiger partial charge in [-0.1, -0.05) is 35.9 Å². The first kappa shape index (κ1) is 16.5. The molecule has 2 fully saturated rings. The monoisotopic (exact) mass is 380 g/mol. The maximum absolute atomic E-state index is 12.7. The third kappa shape index (κ3) is 2.65. The molecule has 5 nitrogen and oxygen atoms in total. The van der Waals surface area contributed by atoms with Crippen LogP contribution in [0.1, 0.15) is 18.6 Å². The van der Waals surface area contributed by atoms with Gasteiger partial charge in [-0.2, -0.15) is 10.1 Å². The van der Waals surface area contributed by atoms with E-state index in [4.69, 9.17) is 16.0 Å². The number of amides is 2. The number of furan rings is 1. The molecule has 27 heavy (non-hydrogen) atoms. The van der Waals surface area contributed by atoms with Crippen molar-refractivity contribution in [1.82, 2.24) is 5.01 Å². The van der Waals surface area contributed by atoms with Crippen molar-refractivity contribution in [2.45, 2.75) is 12.8 Å². The summed E-state index contributed by atoms with van der Waals surface area (Å²) in [6.07, 6.45) is 7.56. The second-order valence-electron chi connectivity index (χ2n) is 7.29. The van der Waals surface area contributed by atoms with Gasteiger partial charge >= 0.3 is 0 Å². The van der Waals surface area contributed by atoms with Crippen LogP contribution in [0, 0.1) is 23.7 Å². The molecule has 2 heterocycles. The van der Waals surface area contributed by atoms with Crippen molar-refractivity contribution in [3.8, 4) is 11.3 Å². The molecule has 2 amide bonds. The third-order valence-corrected chi connectivity index (χ3v) is 6.01. The summed E-state index contributed by atoms with van der Waals surface area (Å²) in [5.74, 6) is 0.553. The minimum Gasteiger partial charge on any atom is -0.455 e. The minimum atomic E-state index is -0.253. The first-order chi connectivity index (χ1) is 13.1. The number of nitrogens with zero attached hydrogens (tertiary/aromatic N) is 2. The maximum Gasteiger partial charge on any atom is 0.254 e. The summed E-state index contributed by atoms with van der Waals surface area (Å²) in [6.45, 7) is 0. The number of imide groups is 1. The maximum atomic E-state index is 12.7. The van der Waals surface area contributed by atoms with E-state index in [1.807, 2.05) is 24.3 Å². The molecule has 1 aliphatic heterocycles. The molecule has 4 aliphatic rings. The van der Waals surface area contributed by atoms with E-state index in [1.54, 1.807) is 12.1 Å². The average Bonchev–Trinajstić information content (AvgIpc) is 3.26. The van der Waals surface area contributed by atoms with E-state index in [0.717, 1.165) is 23.4 Å². The van der Waals surface area contributed by atoms with Crippen LogP contribution in [0.2, 0.25) is 5.02 Å². The highest BCUT2D eigenvalue weighted by atomic mass is 35.5. The molecule has 0 radical (unpaired) electrons. The molecular formula is C21H17ClN2O3. The molecule has 0 N–H and O–H groups in total. The van der Waals surface area contributed by atoms with E-state index in [1.165, 1.54) is 6.21 Å². The Morgan fingerprint density at radius 3 is 2.37 bits per heavy atom. The van der Waals surface area contributed by atoms with Gasteiger partial charge in [-0.05, 0) is 48.9 Å².